The van der Waals surface area contributed by atoms with Gasteiger partial charge in [0, 0.05) is 43.2 Å². The molecule has 0 amide bonds. The zero-order chi connectivity index (χ0) is 28.0. The molecule has 0 saturated heterocycles. The molecule has 0 N–H and O–H groups in total. The summed E-state index contributed by atoms with van der Waals surface area (Å²) in [7, 11) is -1.21. The summed E-state index contributed by atoms with van der Waals surface area (Å²) in [6, 6.07) is 28.9. The van der Waals surface area contributed by atoms with Crippen molar-refractivity contribution >= 4 is 24.4 Å². The summed E-state index contributed by atoms with van der Waals surface area (Å²) in [6.45, 7) is 7.18. The van der Waals surface area contributed by atoms with Crippen molar-refractivity contribution in [3.63, 3.8) is 0 Å². The maximum atomic E-state index is 13.6. The Morgan fingerprint density at radius 3 is 2.03 bits per heavy atom. The Balaban J connectivity index is 1.69. The normalized spacial score (nSPS) is 11.9. The summed E-state index contributed by atoms with van der Waals surface area (Å²) in [6.07, 6.45) is 2.10. The molecule has 0 aliphatic carbocycles. The Bertz CT molecular complexity index is 1440. The lowest BCUT2D eigenvalue weighted by Gasteiger charge is -2.55. The van der Waals surface area contributed by atoms with Gasteiger partial charge in [0.1, 0.15) is 0 Å². The fourth-order valence-electron chi connectivity index (χ4n) is 5.19. The van der Waals surface area contributed by atoms with E-state index in [0.29, 0.717) is 29.8 Å². The predicted octanol–water partition coefficient (Wildman–Crippen LogP) is 5.01. The number of hydrogen-bond donors (Lipinski definition) is 0. The standard InChI is InChI=1S/C31H34N2O5Si/c1-31(2,3)39(27-13-7-5-8-14-27,28-15-9-6-10-16-28)38-21-19-24-12-11-20-32(30(24)34)29-18-17-26(33(35)36)22-25(29)23-37-4/h5-18,20,22H,19,21,23H2,1-4H3/q-1. The molecule has 0 aliphatic heterocycles. The van der Waals surface area contributed by atoms with E-state index in [9.17, 15) is 14.9 Å². The number of rotatable bonds is 10. The van der Waals surface area contributed by atoms with E-state index in [1.807, 2.05) is 48.5 Å². The van der Waals surface area contributed by atoms with Gasteiger partial charge in [-0.25, -0.2) is 0 Å². The van der Waals surface area contributed by atoms with Crippen LogP contribution in [0, 0.1) is 10.1 Å². The first-order chi connectivity index (χ1) is 18.7. The minimum absolute atomic E-state index is 0.0475. The monoisotopic (exact) mass is 542 g/mol. The van der Waals surface area contributed by atoms with Crippen LogP contribution in [0.4, 0.5) is 5.69 Å². The molecule has 0 bridgehead atoms. The van der Waals surface area contributed by atoms with Gasteiger partial charge in [0.15, 0.2) is 0 Å². The van der Waals surface area contributed by atoms with E-state index in [4.69, 9.17) is 9.16 Å². The van der Waals surface area contributed by atoms with E-state index >= 15 is 0 Å². The Hall–Kier alpha value is -3.85. The molecule has 4 rings (SSSR count). The highest BCUT2D eigenvalue weighted by Crippen LogP contribution is 2.36. The van der Waals surface area contributed by atoms with Crippen molar-refractivity contribution in [1.29, 1.82) is 0 Å². The second-order valence-corrected chi connectivity index (χ2v) is 14.8. The van der Waals surface area contributed by atoms with Gasteiger partial charge < -0.3 is 9.16 Å². The summed E-state index contributed by atoms with van der Waals surface area (Å²) >= 11 is 0. The molecule has 0 unspecified atom stereocenters. The third-order valence-corrected chi connectivity index (χ3v) is 12.0. The van der Waals surface area contributed by atoms with Crippen molar-refractivity contribution in [2.75, 3.05) is 13.7 Å². The molecule has 0 aliphatic rings. The van der Waals surface area contributed by atoms with Gasteiger partial charge in [0.2, 0.25) is 0 Å². The first kappa shape index (κ1) is 28.2. The smallest absolute Gasteiger partial charge is 0.269 e. The number of methoxy groups -OCH3 is 1. The van der Waals surface area contributed by atoms with Crippen LogP contribution in [0.25, 0.3) is 5.69 Å². The number of pyridine rings is 1. The Morgan fingerprint density at radius 1 is 0.872 bits per heavy atom. The zero-order valence-electron chi connectivity index (χ0n) is 22.8. The van der Waals surface area contributed by atoms with Crippen LogP contribution in [-0.2, 0) is 22.2 Å². The number of aromatic nitrogens is 1. The van der Waals surface area contributed by atoms with Gasteiger partial charge in [-0.05, 0) is 18.6 Å². The molecule has 0 radical (unpaired) electrons. The number of nitrogens with zero attached hydrogens (tertiary/aromatic N) is 2. The van der Waals surface area contributed by atoms with Crippen LogP contribution in [0.5, 0.6) is 0 Å². The third-order valence-electron chi connectivity index (χ3n) is 6.97. The molecular formula is C31H34N2O5Si-. The second kappa shape index (κ2) is 11.9. The number of ether oxygens (including phenoxy) is 1. The van der Waals surface area contributed by atoms with Gasteiger partial charge in [-0.3, -0.25) is 19.5 Å². The lowest BCUT2D eigenvalue weighted by Crippen LogP contribution is -2.66. The molecule has 0 atom stereocenters. The summed E-state index contributed by atoms with van der Waals surface area (Å²) in [5.41, 5.74) is 1.50. The van der Waals surface area contributed by atoms with Crippen LogP contribution < -0.4 is 15.9 Å². The van der Waals surface area contributed by atoms with Crippen molar-refractivity contribution in [2.45, 2.75) is 38.8 Å². The lowest BCUT2D eigenvalue weighted by molar-refractivity contribution is -0.384. The summed E-state index contributed by atoms with van der Waals surface area (Å²) in [5, 5.41) is 13.5. The highest BCUT2D eigenvalue weighted by molar-refractivity contribution is 6.99. The quantitative estimate of drug-likeness (QED) is 0.160. The molecule has 8 heteroatoms. The molecule has 1 aromatic heterocycles. The molecule has 3 aromatic carbocycles. The van der Waals surface area contributed by atoms with Gasteiger partial charge in [-0.1, -0.05) is 87.5 Å². The van der Waals surface area contributed by atoms with E-state index in [1.54, 1.807) is 12.3 Å². The van der Waals surface area contributed by atoms with Crippen LogP contribution in [0.3, 0.4) is 0 Å². The molecule has 1 heterocycles. The first-order valence-corrected chi connectivity index (χ1v) is 14.8. The summed E-state index contributed by atoms with van der Waals surface area (Å²) in [4.78, 5) is 24.4. The number of non-ortho nitro benzene ring substituents is 1. The van der Waals surface area contributed by atoms with Crippen molar-refractivity contribution in [2.24, 2.45) is 0 Å². The molecule has 203 valence electrons. The highest BCUT2D eigenvalue weighted by atomic mass is 28.4. The van der Waals surface area contributed by atoms with Gasteiger partial charge in [0.25, 0.3) is 11.2 Å². The number of hydrogen-bond acceptors (Lipinski definition) is 5. The predicted molar refractivity (Wildman–Crippen MR) is 157 cm³/mol. The van der Waals surface area contributed by atoms with Crippen molar-refractivity contribution in [3.05, 3.63) is 129 Å². The zero-order valence-corrected chi connectivity index (χ0v) is 23.8. The van der Waals surface area contributed by atoms with Crippen molar-refractivity contribution < 1.29 is 14.1 Å². The molecule has 7 nitrogen and oxygen atoms in total. The molecule has 4 aromatic rings. The van der Waals surface area contributed by atoms with E-state index in [0.717, 1.165) is 0 Å². The van der Waals surface area contributed by atoms with Gasteiger partial charge in [-0.15, -0.1) is 5.04 Å². The molecule has 39 heavy (non-hydrogen) atoms. The number of nitro groups is 1. The minimum Gasteiger partial charge on any atom is -0.558 e. The van der Waals surface area contributed by atoms with Crippen LogP contribution in [0.15, 0.2) is 102 Å². The van der Waals surface area contributed by atoms with Crippen molar-refractivity contribution in [1.82, 2.24) is 4.57 Å². The van der Waals surface area contributed by atoms with Gasteiger partial charge in [-0.2, -0.15) is 10.4 Å². The van der Waals surface area contributed by atoms with Gasteiger partial charge in [0.05, 0.1) is 25.5 Å². The fraction of sp³-hybridized carbons (Fsp3) is 0.258. The highest BCUT2D eigenvalue weighted by Gasteiger charge is 2.37. The van der Waals surface area contributed by atoms with Crippen LogP contribution >= 0.6 is 0 Å². The Kier molecular flexibility index (Phi) is 8.59. The number of benzene rings is 3. The maximum absolute atomic E-state index is 13.6. The van der Waals surface area contributed by atoms with E-state index in [-0.39, 0.29) is 22.9 Å². The topological polar surface area (TPSA) is 83.6 Å². The molecular weight excluding hydrogens is 508 g/mol. The largest absolute Gasteiger partial charge is 0.558 e. The average molecular weight is 543 g/mol. The van der Waals surface area contributed by atoms with E-state index < -0.39 is 13.2 Å². The fourth-order valence-corrected chi connectivity index (χ4v) is 9.75. The molecule has 0 spiro atoms. The SMILES string of the molecule is COCc1cc([N+](=O)[O-])ccc1-n1cccc(CCO[Si-](c2ccccc2)(c2ccccc2)C(C)(C)C)c1=O. The van der Waals surface area contributed by atoms with Crippen molar-refractivity contribution in [3.8, 4) is 5.69 Å². The Labute approximate surface area is 229 Å². The lowest BCUT2D eigenvalue weighted by atomic mass is 10.1. The molecule has 0 saturated carbocycles. The van der Waals surface area contributed by atoms with E-state index in [2.05, 4.69) is 45.0 Å². The van der Waals surface area contributed by atoms with E-state index in [1.165, 1.54) is 34.2 Å². The summed E-state index contributed by atoms with van der Waals surface area (Å²) in [5.74, 6) is 0. The van der Waals surface area contributed by atoms with Crippen LogP contribution in [0.2, 0.25) is 5.04 Å². The summed E-state index contributed by atoms with van der Waals surface area (Å²) < 4.78 is 13.8. The average Bonchev–Trinajstić information content (AvgIpc) is 2.92. The second-order valence-electron chi connectivity index (χ2n) is 10.5. The van der Waals surface area contributed by atoms with Crippen LogP contribution in [-0.4, -0.2) is 31.5 Å². The Morgan fingerprint density at radius 2 is 1.49 bits per heavy atom. The van der Waals surface area contributed by atoms with Crippen LogP contribution in [0.1, 0.15) is 31.9 Å². The minimum atomic E-state index is -2.72. The number of nitro benzene ring substituents is 1. The van der Waals surface area contributed by atoms with Gasteiger partial charge >= 0.3 is 0 Å². The molecule has 0 fully saturated rings. The third kappa shape index (κ3) is 5.78. The maximum Gasteiger partial charge on any atom is 0.269 e. The first-order valence-electron chi connectivity index (χ1n) is 12.9.